The van der Waals surface area contributed by atoms with E-state index in [4.69, 9.17) is 4.74 Å². The van der Waals surface area contributed by atoms with Crippen molar-refractivity contribution < 1.29 is 17.9 Å². The number of rotatable bonds is 5. The largest absolute Gasteiger partial charge is 0.383 e. The van der Waals surface area contributed by atoms with Crippen LogP contribution in [0.5, 0.6) is 0 Å². The molecule has 2 atom stereocenters. The van der Waals surface area contributed by atoms with Gasteiger partial charge in [-0.3, -0.25) is 14.4 Å². The summed E-state index contributed by atoms with van der Waals surface area (Å²) < 4.78 is 31.0. The second-order valence-electron chi connectivity index (χ2n) is 6.54. The maximum atomic E-state index is 12.7. The van der Waals surface area contributed by atoms with Crippen LogP contribution in [0.25, 0.3) is 0 Å². The van der Waals surface area contributed by atoms with E-state index in [0.717, 1.165) is 5.56 Å². The Bertz CT molecular complexity index is 702. The molecule has 9 heteroatoms. The van der Waals surface area contributed by atoms with Gasteiger partial charge in [0.1, 0.15) is 6.54 Å². The Labute approximate surface area is 142 Å². The average molecular weight is 356 g/mol. The van der Waals surface area contributed by atoms with Crippen LogP contribution in [-0.2, 0) is 25.9 Å². The summed E-state index contributed by atoms with van der Waals surface area (Å²) >= 11 is 0. The number of hydrogen-bond acceptors (Lipinski definition) is 6. The Morgan fingerprint density at radius 1 is 1.33 bits per heavy atom. The summed E-state index contributed by atoms with van der Waals surface area (Å²) in [5.41, 5.74) is 0.994. The van der Waals surface area contributed by atoms with Crippen molar-refractivity contribution in [2.24, 2.45) is 0 Å². The number of aryl methyl sites for hydroxylation is 1. The van der Waals surface area contributed by atoms with E-state index in [9.17, 15) is 13.2 Å². The van der Waals surface area contributed by atoms with Crippen LogP contribution in [0.1, 0.15) is 5.56 Å². The van der Waals surface area contributed by atoms with Crippen molar-refractivity contribution in [2.45, 2.75) is 25.6 Å². The second-order valence-corrected chi connectivity index (χ2v) is 8.70. The zero-order valence-electron chi connectivity index (χ0n) is 14.1. The lowest BCUT2D eigenvalue weighted by atomic mass is 10.0. The Morgan fingerprint density at radius 2 is 2.08 bits per heavy atom. The highest BCUT2D eigenvalue weighted by Gasteiger charge is 2.47. The highest BCUT2D eigenvalue weighted by molar-refractivity contribution is 7.91. The van der Waals surface area contributed by atoms with Crippen LogP contribution in [-0.4, -0.2) is 90.8 Å². The van der Waals surface area contributed by atoms with Gasteiger partial charge in [-0.1, -0.05) is 0 Å². The highest BCUT2D eigenvalue weighted by Crippen LogP contribution is 2.27. The summed E-state index contributed by atoms with van der Waals surface area (Å²) in [6.45, 7) is 4.53. The lowest BCUT2D eigenvalue weighted by Crippen LogP contribution is -2.61. The van der Waals surface area contributed by atoms with E-state index in [-0.39, 0.29) is 36.0 Å². The van der Waals surface area contributed by atoms with E-state index < -0.39 is 9.84 Å². The molecule has 0 aliphatic carbocycles. The molecule has 0 N–H and O–H groups in total. The zero-order valence-corrected chi connectivity index (χ0v) is 14.9. The van der Waals surface area contributed by atoms with Crippen LogP contribution in [0, 0.1) is 6.92 Å². The molecule has 0 aromatic carbocycles. The molecule has 3 heterocycles. The number of methoxy groups -OCH3 is 1. The summed E-state index contributed by atoms with van der Waals surface area (Å²) in [5.74, 6) is 0.0912. The fourth-order valence-electron chi connectivity index (χ4n) is 3.60. The third kappa shape index (κ3) is 3.62. The van der Waals surface area contributed by atoms with Crippen molar-refractivity contribution in [3.8, 4) is 0 Å². The molecule has 0 unspecified atom stereocenters. The SMILES string of the molecule is COCCN1CCN(C(=O)Cn2cc(C)cn2)[C@H]2CS(=O)(=O)C[C@H]21. The Hall–Kier alpha value is -1.45. The fraction of sp³-hybridized carbons (Fsp3) is 0.733. The monoisotopic (exact) mass is 356 g/mol. The molecule has 8 nitrogen and oxygen atoms in total. The number of aromatic nitrogens is 2. The summed E-state index contributed by atoms with van der Waals surface area (Å²) in [6.07, 6.45) is 3.52. The Morgan fingerprint density at radius 3 is 2.75 bits per heavy atom. The predicted octanol–water partition coefficient (Wildman–Crippen LogP) is -0.852. The van der Waals surface area contributed by atoms with E-state index in [2.05, 4.69) is 10.00 Å². The van der Waals surface area contributed by atoms with Crippen LogP contribution in [0.2, 0.25) is 0 Å². The number of ether oxygens (including phenoxy) is 1. The standard InChI is InChI=1S/C15H24N4O4S/c1-12-7-16-18(8-12)9-15(20)19-4-3-17(5-6-23-2)13-10-24(21,22)11-14(13)19/h7-8,13-14H,3-6,9-11H2,1-2H3/t13-,14+/m1/s1. The predicted molar refractivity (Wildman–Crippen MR) is 88.4 cm³/mol. The highest BCUT2D eigenvalue weighted by atomic mass is 32.2. The molecule has 134 valence electrons. The lowest BCUT2D eigenvalue weighted by molar-refractivity contribution is -0.138. The van der Waals surface area contributed by atoms with Gasteiger partial charge >= 0.3 is 0 Å². The summed E-state index contributed by atoms with van der Waals surface area (Å²) in [5, 5.41) is 4.14. The zero-order chi connectivity index (χ0) is 17.3. The topological polar surface area (TPSA) is 84.7 Å². The molecule has 1 aromatic heterocycles. The molecule has 1 amide bonds. The minimum absolute atomic E-state index is 0.0467. The molecule has 0 bridgehead atoms. The number of fused-ring (bicyclic) bond motifs is 1. The van der Waals surface area contributed by atoms with Gasteiger partial charge in [-0.2, -0.15) is 5.10 Å². The van der Waals surface area contributed by atoms with E-state index >= 15 is 0 Å². The molecule has 1 aromatic rings. The molecule has 0 radical (unpaired) electrons. The Balaban J connectivity index is 1.73. The average Bonchev–Trinajstić information content (AvgIpc) is 3.06. The molecular weight excluding hydrogens is 332 g/mol. The first-order valence-electron chi connectivity index (χ1n) is 8.11. The first-order chi connectivity index (χ1) is 11.4. The number of carbonyl (C=O) groups is 1. The Kier molecular flexibility index (Phi) is 4.93. The van der Waals surface area contributed by atoms with Crippen molar-refractivity contribution in [1.29, 1.82) is 0 Å². The molecule has 3 rings (SSSR count). The van der Waals surface area contributed by atoms with Crippen LogP contribution in [0.4, 0.5) is 0 Å². The summed E-state index contributed by atoms with van der Waals surface area (Å²) in [4.78, 5) is 16.5. The van der Waals surface area contributed by atoms with Gasteiger partial charge in [0.15, 0.2) is 9.84 Å². The fourth-order valence-corrected chi connectivity index (χ4v) is 5.62. The summed E-state index contributed by atoms with van der Waals surface area (Å²) in [6, 6.07) is -0.410. The lowest BCUT2D eigenvalue weighted by Gasteiger charge is -2.43. The number of hydrogen-bond donors (Lipinski definition) is 0. The van der Waals surface area contributed by atoms with E-state index in [1.54, 1.807) is 22.9 Å². The molecule has 2 saturated heterocycles. The van der Waals surface area contributed by atoms with Gasteiger partial charge in [0.05, 0.1) is 30.4 Å². The smallest absolute Gasteiger partial charge is 0.244 e. The van der Waals surface area contributed by atoms with Crippen LogP contribution in [0.15, 0.2) is 12.4 Å². The molecule has 0 spiro atoms. The number of amides is 1. The quantitative estimate of drug-likeness (QED) is 0.683. The van der Waals surface area contributed by atoms with Gasteiger partial charge in [0, 0.05) is 39.0 Å². The van der Waals surface area contributed by atoms with Gasteiger partial charge in [0.2, 0.25) is 5.91 Å². The number of nitrogens with zero attached hydrogens (tertiary/aromatic N) is 4. The van der Waals surface area contributed by atoms with Gasteiger partial charge in [0.25, 0.3) is 0 Å². The molecule has 24 heavy (non-hydrogen) atoms. The van der Waals surface area contributed by atoms with Crippen LogP contribution < -0.4 is 0 Å². The third-order valence-electron chi connectivity index (χ3n) is 4.75. The minimum atomic E-state index is -3.12. The van der Waals surface area contributed by atoms with Crippen LogP contribution >= 0.6 is 0 Å². The van der Waals surface area contributed by atoms with Crippen molar-refractivity contribution in [1.82, 2.24) is 19.6 Å². The maximum Gasteiger partial charge on any atom is 0.244 e. The first-order valence-corrected chi connectivity index (χ1v) is 9.94. The van der Waals surface area contributed by atoms with Crippen molar-refractivity contribution in [3.63, 3.8) is 0 Å². The van der Waals surface area contributed by atoms with Crippen molar-refractivity contribution in [3.05, 3.63) is 18.0 Å². The third-order valence-corrected chi connectivity index (χ3v) is 6.45. The number of sulfone groups is 1. The number of piperazine rings is 1. The molecule has 2 aliphatic heterocycles. The van der Waals surface area contributed by atoms with Crippen molar-refractivity contribution in [2.75, 3.05) is 44.9 Å². The maximum absolute atomic E-state index is 12.7. The first kappa shape index (κ1) is 17.4. The number of carbonyl (C=O) groups excluding carboxylic acids is 1. The van der Waals surface area contributed by atoms with Crippen LogP contribution in [0.3, 0.4) is 0 Å². The summed E-state index contributed by atoms with van der Waals surface area (Å²) in [7, 11) is -1.49. The van der Waals surface area contributed by atoms with E-state index in [1.165, 1.54) is 0 Å². The van der Waals surface area contributed by atoms with Gasteiger partial charge < -0.3 is 9.64 Å². The molecule has 0 saturated carbocycles. The van der Waals surface area contributed by atoms with Gasteiger partial charge in [-0.15, -0.1) is 0 Å². The molecular formula is C15H24N4O4S. The van der Waals surface area contributed by atoms with E-state index in [1.807, 2.05) is 13.1 Å². The van der Waals surface area contributed by atoms with Gasteiger partial charge in [-0.25, -0.2) is 8.42 Å². The van der Waals surface area contributed by atoms with E-state index in [0.29, 0.717) is 26.2 Å². The van der Waals surface area contributed by atoms with Gasteiger partial charge in [-0.05, 0) is 12.5 Å². The van der Waals surface area contributed by atoms with Crippen molar-refractivity contribution >= 4 is 15.7 Å². The molecule has 2 fully saturated rings. The normalized spacial score (nSPS) is 26.5. The second kappa shape index (κ2) is 6.81. The molecule has 2 aliphatic rings. The minimum Gasteiger partial charge on any atom is -0.383 e.